The first kappa shape index (κ1) is 26.2. The Balaban J connectivity index is 1.46. The van der Waals surface area contributed by atoms with Gasteiger partial charge in [0.05, 0.1) is 5.52 Å². The molecular weight excluding hydrogens is 498 g/mol. The second-order valence-electron chi connectivity index (χ2n) is 10.1. The summed E-state index contributed by atoms with van der Waals surface area (Å²) < 4.78 is 1.59. The van der Waals surface area contributed by atoms with Crippen LogP contribution in [0.5, 0.6) is 0 Å². The van der Waals surface area contributed by atoms with Gasteiger partial charge >= 0.3 is 0 Å². The Hall–Kier alpha value is -3.46. The molecule has 2 aromatic heterocycles. The van der Waals surface area contributed by atoms with Crippen LogP contribution < -0.4 is 15.8 Å². The van der Waals surface area contributed by atoms with Crippen LogP contribution in [-0.2, 0) is 13.6 Å². The van der Waals surface area contributed by atoms with E-state index >= 15 is 0 Å². The molecule has 1 aliphatic heterocycles. The molecule has 1 N–H and O–H groups in total. The van der Waals surface area contributed by atoms with Crippen LogP contribution in [0.25, 0.3) is 22.0 Å². The molecule has 3 heterocycles. The average molecular weight is 532 g/mol. The lowest BCUT2D eigenvalue weighted by molar-refractivity contribution is 0.229. The number of hydrogen-bond acceptors (Lipinski definition) is 7. The number of piperazine rings is 1. The minimum Gasteiger partial charge on any atom is -0.365 e. The fourth-order valence-electron chi connectivity index (χ4n) is 4.68. The highest BCUT2D eigenvalue weighted by Crippen LogP contribution is 2.29. The quantitative estimate of drug-likeness (QED) is 0.369. The van der Waals surface area contributed by atoms with Crippen molar-refractivity contribution in [1.29, 1.82) is 0 Å². The van der Waals surface area contributed by atoms with E-state index in [2.05, 4.69) is 46.2 Å². The zero-order valence-corrected chi connectivity index (χ0v) is 22.9. The molecular formula is C29H34ClN7O. The van der Waals surface area contributed by atoms with Crippen molar-refractivity contribution < 1.29 is 0 Å². The average Bonchev–Trinajstić information content (AvgIpc) is 2.92. The van der Waals surface area contributed by atoms with Gasteiger partial charge in [0.1, 0.15) is 5.82 Å². The van der Waals surface area contributed by atoms with Crippen LogP contribution >= 0.6 is 11.6 Å². The van der Waals surface area contributed by atoms with Crippen LogP contribution in [0.2, 0.25) is 5.02 Å². The molecule has 0 spiro atoms. The fourth-order valence-corrected chi connectivity index (χ4v) is 4.90. The van der Waals surface area contributed by atoms with Crippen LogP contribution in [0.3, 0.4) is 0 Å². The Kier molecular flexibility index (Phi) is 7.93. The molecule has 5 rings (SSSR count). The van der Waals surface area contributed by atoms with Crippen LogP contribution in [0.15, 0.2) is 65.6 Å². The highest BCUT2D eigenvalue weighted by Gasteiger charge is 2.21. The number of aryl methyl sites for hydroxylation is 1. The van der Waals surface area contributed by atoms with E-state index in [1.54, 1.807) is 17.7 Å². The standard InChI is InChI=1S/C29H34ClN7O/c1-34(2)11-12-36-13-15-37(16-14-36)29-32-26-9-7-22(23-8-10-27(38)35(3)20-23)18-25(26)28(33-29)31-19-21-5-4-6-24(30)17-21/h4-10,17-18,20H,11-16,19H2,1-3H3,(H,31,32,33). The SMILES string of the molecule is CN(C)CCN1CCN(c2nc(NCc3cccc(Cl)c3)c3cc(-c4ccc(=O)n(C)c4)ccc3n2)CC1. The number of anilines is 2. The highest BCUT2D eigenvalue weighted by atomic mass is 35.5. The number of aromatic nitrogens is 3. The van der Waals surface area contributed by atoms with Crippen molar-refractivity contribution in [3.63, 3.8) is 0 Å². The monoisotopic (exact) mass is 531 g/mol. The van der Waals surface area contributed by atoms with Crippen LogP contribution in [-0.4, -0.2) is 77.7 Å². The number of pyridine rings is 1. The molecule has 198 valence electrons. The number of hydrogen-bond donors (Lipinski definition) is 1. The summed E-state index contributed by atoms with van der Waals surface area (Å²) in [5.41, 5.74) is 3.90. The second kappa shape index (κ2) is 11.5. The van der Waals surface area contributed by atoms with Gasteiger partial charge in [-0.25, -0.2) is 4.98 Å². The first-order chi connectivity index (χ1) is 18.4. The molecule has 0 saturated carbocycles. The second-order valence-corrected chi connectivity index (χ2v) is 10.5. The van der Waals surface area contributed by atoms with E-state index in [1.165, 1.54) is 0 Å². The van der Waals surface area contributed by atoms with Crippen molar-refractivity contribution in [3.05, 3.63) is 81.7 Å². The number of fused-ring (bicyclic) bond motifs is 1. The summed E-state index contributed by atoms with van der Waals surface area (Å²) in [5.74, 6) is 1.53. The van der Waals surface area contributed by atoms with Gasteiger partial charge in [-0.3, -0.25) is 9.69 Å². The molecule has 1 aliphatic rings. The Bertz CT molecular complexity index is 1480. The highest BCUT2D eigenvalue weighted by molar-refractivity contribution is 6.30. The van der Waals surface area contributed by atoms with Gasteiger partial charge in [0.25, 0.3) is 0 Å². The lowest BCUT2D eigenvalue weighted by Gasteiger charge is -2.35. The number of benzene rings is 2. The van der Waals surface area contributed by atoms with Crippen molar-refractivity contribution in [1.82, 2.24) is 24.3 Å². The molecule has 0 bridgehead atoms. The maximum absolute atomic E-state index is 11.9. The van der Waals surface area contributed by atoms with E-state index in [0.29, 0.717) is 11.6 Å². The van der Waals surface area contributed by atoms with Crippen LogP contribution in [0, 0.1) is 0 Å². The summed E-state index contributed by atoms with van der Waals surface area (Å²) in [4.78, 5) is 28.9. The fraction of sp³-hybridized carbons (Fsp3) is 0.345. The Morgan fingerprint density at radius 3 is 2.50 bits per heavy atom. The van der Waals surface area contributed by atoms with E-state index in [9.17, 15) is 4.79 Å². The van der Waals surface area contributed by atoms with Crippen molar-refractivity contribution in [2.24, 2.45) is 7.05 Å². The van der Waals surface area contributed by atoms with Gasteiger partial charge in [0.2, 0.25) is 11.5 Å². The molecule has 0 radical (unpaired) electrons. The number of nitrogens with zero attached hydrogens (tertiary/aromatic N) is 6. The van der Waals surface area contributed by atoms with Gasteiger partial charge in [-0.2, -0.15) is 4.98 Å². The summed E-state index contributed by atoms with van der Waals surface area (Å²) in [5, 5.41) is 5.19. The summed E-state index contributed by atoms with van der Waals surface area (Å²) in [6.07, 6.45) is 1.85. The number of rotatable bonds is 8. The van der Waals surface area contributed by atoms with E-state index in [-0.39, 0.29) is 5.56 Å². The Labute approximate surface area is 228 Å². The van der Waals surface area contributed by atoms with E-state index < -0.39 is 0 Å². The third-order valence-corrected chi connectivity index (χ3v) is 7.21. The van der Waals surface area contributed by atoms with Gasteiger partial charge in [-0.1, -0.05) is 29.8 Å². The lowest BCUT2D eigenvalue weighted by Crippen LogP contribution is -2.48. The third kappa shape index (κ3) is 6.15. The van der Waals surface area contributed by atoms with Gasteiger partial charge in [0.15, 0.2) is 0 Å². The van der Waals surface area contributed by atoms with Crippen molar-refractivity contribution in [2.45, 2.75) is 6.54 Å². The largest absolute Gasteiger partial charge is 0.365 e. The third-order valence-electron chi connectivity index (χ3n) is 6.97. The van der Waals surface area contributed by atoms with Gasteiger partial charge in [-0.05, 0) is 61.1 Å². The Morgan fingerprint density at radius 2 is 1.76 bits per heavy atom. The van der Waals surface area contributed by atoms with Crippen molar-refractivity contribution in [3.8, 4) is 11.1 Å². The summed E-state index contributed by atoms with van der Waals surface area (Å²) in [7, 11) is 5.99. The number of nitrogens with one attached hydrogen (secondary N) is 1. The Morgan fingerprint density at radius 1 is 0.974 bits per heavy atom. The molecule has 0 unspecified atom stereocenters. The zero-order chi connectivity index (χ0) is 26.6. The van der Waals surface area contributed by atoms with Crippen LogP contribution in [0.1, 0.15) is 5.56 Å². The maximum atomic E-state index is 11.9. The topological polar surface area (TPSA) is 69.5 Å². The molecule has 0 atom stereocenters. The predicted octanol–water partition coefficient (Wildman–Crippen LogP) is 3.94. The molecule has 0 aliphatic carbocycles. The minimum absolute atomic E-state index is 0.0341. The molecule has 1 fully saturated rings. The summed E-state index contributed by atoms with van der Waals surface area (Å²) in [6.45, 7) is 6.49. The molecule has 0 amide bonds. The molecule has 38 heavy (non-hydrogen) atoms. The molecule has 4 aromatic rings. The number of likely N-dealkylation sites (N-methyl/N-ethyl adjacent to an activating group) is 1. The number of halogens is 1. The van der Waals surface area contributed by atoms with Gasteiger partial charge in [0, 0.05) is 75.5 Å². The summed E-state index contributed by atoms with van der Waals surface area (Å²) in [6, 6.07) is 17.5. The molecule has 8 nitrogen and oxygen atoms in total. The maximum Gasteiger partial charge on any atom is 0.250 e. The smallest absolute Gasteiger partial charge is 0.250 e. The predicted molar refractivity (Wildman–Crippen MR) is 156 cm³/mol. The van der Waals surface area contributed by atoms with Crippen molar-refractivity contribution in [2.75, 3.05) is 63.6 Å². The first-order valence-electron chi connectivity index (χ1n) is 12.9. The molecule has 2 aromatic carbocycles. The van der Waals surface area contributed by atoms with E-state index in [4.69, 9.17) is 21.6 Å². The van der Waals surface area contributed by atoms with Crippen molar-refractivity contribution >= 4 is 34.3 Å². The normalized spacial score (nSPS) is 14.4. The van der Waals surface area contributed by atoms with Gasteiger partial charge < -0.3 is 19.7 Å². The van der Waals surface area contributed by atoms with Crippen LogP contribution in [0.4, 0.5) is 11.8 Å². The lowest BCUT2D eigenvalue weighted by atomic mass is 10.0. The van der Waals surface area contributed by atoms with Gasteiger partial charge in [-0.15, -0.1) is 0 Å². The zero-order valence-electron chi connectivity index (χ0n) is 22.2. The van der Waals surface area contributed by atoms with E-state index in [0.717, 1.165) is 78.6 Å². The minimum atomic E-state index is -0.0341. The van der Waals surface area contributed by atoms with E-state index in [1.807, 2.05) is 42.6 Å². The first-order valence-corrected chi connectivity index (χ1v) is 13.3. The summed E-state index contributed by atoms with van der Waals surface area (Å²) >= 11 is 6.22. The molecule has 1 saturated heterocycles. The molecule has 9 heteroatoms.